The molecule has 0 fully saturated rings. The summed E-state index contributed by atoms with van der Waals surface area (Å²) < 4.78 is 0. The van der Waals surface area contributed by atoms with Crippen molar-refractivity contribution in [3.63, 3.8) is 0 Å². The Bertz CT molecular complexity index is 1170. The number of aryl methyl sites for hydroxylation is 2. The number of fused-ring (bicyclic) bond motifs is 1. The number of carbonyl (C=O) groups is 2. The number of anilines is 1. The molecule has 1 aliphatic rings. The van der Waals surface area contributed by atoms with E-state index in [0.717, 1.165) is 28.9 Å². The highest BCUT2D eigenvalue weighted by Crippen LogP contribution is 2.39. The summed E-state index contributed by atoms with van der Waals surface area (Å²) in [6.45, 7) is 4.04. The second-order valence-corrected chi connectivity index (χ2v) is 9.17. The average molecular weight is 443 g/mol. The molecular formula is C27H26N2O2S. The van der Waals surface area contributed by atoms with Gasteiger partial charge in [-0.2, -0.15) is 0 Å². The summed E-state index contributed by atoms with van der Waals surface area (Å²) in [5, 5.41) is 5.99. The van der Waals surface area contributed by atoms with Crippen molar-refractivity contribution in [1.82, 2.24) is 5.32 Å². The molecule has 0 saturated carbocycles. The molecule has 0 saturated heterocycles. The summed E-state index contributed by atoms with van der Waals surface area (Å²) in [5.74, 6) is -0.286. The number of hydrogen-bond acceptors (Lipinski definition) is 3. The number of benzene rings is 3. The average Bonchev–Trinajstić information content (AvgIpc) is 2.78. The Labute approximate surface area is 193 Å². The molecule has 1 heterocycles. The van der Waals surface area contributed by atoms with Crippen LogP contribution in [0.3, 0.4) is 0 Å². The van der Waals surface area contributed by atoms with E-state index in [1.807, 2.05) is 74.5 Å². The Morgan fingerprint density at radius 3 is 2.66 bits per heavy atom. The summed E-state index contributed by atoms with van der Waals surface area (Å²) in [6.07, 6.45) is 3.67. The Balaban J connectivity index is 1.41. The molecule has 1 aliphatic heterocycles. The summed E-state index contributed by atoms with van der Waals surface area (Å²) in [5.41, 5.74) is 4.62. The fraction of sp³-hybridized carbons (Fsp3) is 0.185. The van der Waals surface area contributed by atoms with Gasteiger partial charge in [-0.05, 0) is 62.1 Å². The molecule has 162 valence electrons. The van der Waals surface area contributed by atoms with E-state index >= 15 is 0 Å². The van der Waals surface area contributed by atoms with Gasteiger partial charge in [-0.25, -0.2) is 0 Å². The minimum Gasteiger partial charge on any atom is -0.350 e. The lowest BCUT2D eigenvalue weighted by Crippen LogP contribution is -2.33. The van der Waals surface area contributed by atoms with Gasteiger partial charge in [0.05, 0.1) is 10.6 Å². The van der Waals surface area contributed by atoms with Crippen molar-refractivity contribution >= 4 is 35.3 Å². The third-order valence-electron chi connectivity index (χ3n) is 5.36. The lowest BCUT2D eigenvalue weighted by atomic mass is 10.1. The van der Waals surface area contributed by atoms with Crippen molar-refractivity contribution in [2.75, 3.05) is 5.32 Å². The molecule has 1 atom stereocenters. The molecule has 0 bridgehead atoms. The van der Waals surface area contributed by atoms with Crippen LogP contribution in [-0.4, -0.2) is 17.9 Å². The maximum absolute atomic E-state index is 12.7. The fourth-order valence-corrected chi connectivity index (χ4v) is 4.55. The van der Waals surface area contributed by atoms with Crippen LogP contribution in [0.25, 0.3) is 6.08 Å². The van der Waals surface area contributed by atoms with Crippen LogP contribution < -0.4 is 10.6 Å². The molecule has 4 rings (SSSR count). The minimum absolute atomic E-state index is 0.0477. The molecular weight excluding hydrogens is 416 g/mol. The first-order valence-electron chi connectivity index (χ1n) is 10.7. The van der Waals surface area contributed by atoms with Gasteiger partial charge in [0.15, 0.2) is 0 Å². The maximum atomic E-state index is 12.7. The van der Waals surface area contributed by atoms with Crippen molar-refractivity contribution in [2.24, 2.45) is 0 Å². The summed E-state index contributed by atoms with van der Waals surface area (Å²) in [6, 6.07) is 23.8. The van der Waals surface area contributed by atoms with Gasteiger partial charge >= 0.3 is 0 Å². The van der Waals surface area contributed by atoms with Crippen molar-refractivity contribution in [3.8, 4) is 0 Å². The van der Waals surface area contributed by atoms with E-state index in [4.69, 9.17) is 0 Å². The van der Waals surface area contributed by atoms with Gasteiger partial charge in [0, 0.05) is 16.5 Å². The van der Waals surface area contributed by atoms with Crippen LogP contribution in [0.4, 0.5) is 5.69 Å². The van der Waals surface area contributed by atoms with Crippen molar-refractivity contribution in [1.29, 1.82) is 0 Å². The van der Waals surface area contributed by atoms with Crippen LogP contribution >= 0.6 is 11.8 Å². The summed E-state index contributed by atoms with van der Waals surface area (Å²) in [7, 11) is 0. The van der Waals surface area contributed by atoms with Gasteiger partial charge in [0.2, 0.25) is 0 Å². The first kappa shape index (κ1) is 21.9. The molecule has 4 nitrogen and oxygen atoms in total. The van der Waals surface area contributed by atoms with Crippen molar-refractivity contribution in [2.45, 2.75) is 37.6 Å². The smallest absolute Gasteiger partial charge is 0.262 e. The predicted octanol–water partition coefficient (Wildman–Crippen LogP) is 5.83. The molecule has 2 N–H and O–H groups in total. The molecule has 0 spiro atoms. The van der Waals surface area contributed by atoms with E-state index < -0.39 is 0 Å². The number of nitrogens with one attached hydrogen (secondary N) is 2. The van der Waals surface area contributed by atoms with E-state index in [9.17, 15) is 9.59 Å². The van der Waals surface area contributed by atoms with Gasteiger partial charge in [-0.1, -0.05) is 71.9 Å². The Morgan fingerprint density at radius 2 is 1.88 bits per heavy atom. The van der Waals surface area contributed by atoms with Gasteiger partial charge in [-0.15, -0.1) is 0 Å². The van der Waals surface area contributed by atoms with Crippen LogP contribution in [-0.2, 0) is 11.2 Å². The molecule has 0 aliphatic carbocycles. The van der Waals surface area contributed by atoms with Gasteiger partial charge in [-0.3, -0.25) is 9.59 Å². The molecule has 0 radical (unpaired) electrons. The highest BCUT2D eigenvalue weighted by molar-refractivity contribution is 8.04. The van der Waals surface area contributed by atoms with E-state index in [0.29, 0.717) is 16.2 Å². The molecule has 1 unspecified atom stereocenters. The van der Waals surface area contributed by atoms with Crippen LogP contribution in [0.15, 0.2) is 82.6 Å². The Hall–Kier alpha value is -3.31. The zero-order valence-electron chi connectivity index (χ0n) is 18.2. The lowest BCUT2D eigenvalue weighted by molar-refractivity contribution is -0.112. The second-order valence-electron chi connectivity index (χ2n) is 8.09. The van der Waals surface area contributed by atoms with Gasteiger partial charge in [0.1, 0.15) is 0 Å². The molecule has 3 aromatic carbocycles. The van der Waals surface area contributed by atoms with Crippen LogP contribution in [0.2, 0.25) is 0 Å². The summed E-state index contributed by atoms with van der Waals surface area (Å²) in [4.78, 5) is 26.9. The van der Waals surface area contributed by atoms with Gasteiger partial charge < -0.3 is 10.6 Å². The standard InChI is InChI=1S/C27H26N2O2S/c1-18-7-6-10-21(15-18)16-25-27(31)29-23-17-22(13-14-24(23)32-25)26(30)28-19(2)11-12-20-8-4-3-5-9-20/h3-10,13-17,19H,11-12H2,1-2H3,(H,28,30)(H,29,31)/b25-16+. The molecule has 2 amide bonds. The van der Waals surface area contributed by atoms with Crippen LogP contribution in [0, 0.1) is 6.92 Å². The lowest BCUT2D eigenvalue weighted by Gasteiger charge is -2.20. The highest BCUT2D eigenvalue weighted by Gasteiger charge is 2.22. The first-order valence-corrected chi connectivity index (χ1v) is 11.6. The second kappa shape index (κ2) is 9.88. The monoisotopic (exact) mass is 442 g/mol. The largest absolute Gasteiger partial charge is 0.350 e. The quantitative estimate of drug-likeness (QED) is 0.472. The van der Waals surface area contributed by atoms with E-state index in [-0.39, 0.29) is 17.9 Å². The highest BCUT2D eigenvalue weighted by atomic mass is 32.2. The van der Waals surface area contributed by atoms with Crippen LogP contribution in [0.1, 0.15) is 40.4 Å². The van der Waals surface area contributed by atoms with Gasteiger partial charge in [0.25, 0.3) is 11.8 Å². The maximum Gasteiger partial charge on any atom is 0.262 e. The minimum atomic E-state index is -0.155. The predicted molar refractivity (Wildman–Crippen MR) is 132 cm³/mol. The van der Waals surface area contributed by atoms with Crippen molar-refractivity contribution < 1.29 is 9.59 Å². The number of amides is 2. The molecule has 3 aromatic rings. The zero-order chi connectivity index (χ0) is 22.5. The SMILES string of the molecule is Cc1cccc(/C=C2/Sc3ccc(C(=O)NC(C)CCc4ccccc4)cc3NC2=O)c1. The fourth-order valence-electron chi connectivity index (χ4n) is 3.62. The van der Waals surface area contributed by atoms with E-state index in [1.165, 1.54) is 17.3 Å². The van der Waals surface area contributed by atoms with Crippen molar-refractivity contribution in [3.05, 3.63) is 100.0 Å². The third kappa shape index (κ3) is 5.48. The molecule has 32 heavy (non-hydrogen) atoms. The van der Waals surface area contributed by atoms with E-state index in [2.05, 4.69) is 22.8 Å². The van der Waals surface area contributed by atoms with Crippen LogP contribution in [0.5, 0.6) is 0 Å². The number of hydrogen-bond donors (Lipinski definition) is 2. The number of thioether (sulfide) groups is 1. The number of rotatable bonds is 6. The first-order chi connectivity index (χ1) is 15.5. The number of carbonyl (C=O) groups excluding carboxylic acids is 2. The molecule has 0 aromatic heterocycles. The third-order valence-corrected chi connectivity index (χ3v) is 6.46. The Kier molecular flexibility index (Phi) is 6.76. The molecule has 5 heteroatoms. The van der Waals surface area contributed by atoms with E-state index in [1.54, 1.807) is 6.07 Å². The normalized spacial score (nSPS) is 15.1. The summed E-state index contributed by atoms with van der Waals surface area (Å²) >= 11 is 1.42. The Morgan fingerprint density at radius 1 is 1.06 bits per heavy atom. The topological polar surface area (TPSA) is 58.2 Å². The zero-order valence-corrected chi connectivity index (χ0v) is 19.0.